The molecule has 2 aromatic rings. The number of carbonyl (C=O) groups is 2. The van der Waals surface area contributed by atoms with Crippen LogP contribution in [0.15, 0.2) is 46.9 Å². The molecule has 1 aromatic carbocycles. The molecular formula is C16H18N2O4. The van der Waals surface area contributed by atoms with Gasteiger partial charge in [0.15, 0.2) is 5.76 Å². The Kier molecular flexibility index (Phi) is 4.83. The topological polar surface area (TPSA) is 94.6 Å². The average molecular weight is 302 g/mol. The molecule has 116 valence electrons. The summed E-state index contributed by atoms with van der Waals surface area (Å²) < 4.78 is 10.8. The van der Waals surface area contributed by atoms with Crippen molar-refractivity contribution < 1.29 is 18.7 Å². The van der Waals surface area contributed by atoms with Gasteiger partial charge in [0.1, 0.15) is 11.8 Å². The smallest absolute Gasteiger partial charge is 0.290 e. The summed E-state index contributed by atoms with van der Waals surface area (Å²) in [6, 6.07) is 11.3. The molecule has 1 atom stereocenters. The molecule has 0 saturated heterocycles. The van der Waals surface area contributed by atoms with Gasteiger partial charge in [0.2, 0.25) is 5.91 Å². The molecule has 0 aliphatic rings. The Balaban J connectivity index is 2.04. The molecule has 3 N–H and O–H groups in total. The van der Waals surface area contributed by atoms with Crippen molar-refractivity contribution in [2.45, 2.75) is 19.9 Å². The molecule has 22 heavy (non-hydrogen) atoms. The highest BCUT2D eigenvalue weighted by Gasteiger charge is 2.23. The number of nitrogens with one attached hydrogen (secondary N) is 1. The molecule has 0 radical (unpaired) electrons. The van der Waals surface area contributed by atoms with Gasteiger partial charge < -0.3 is 20.2 Å². The van der Waals surface area contributed by atoms with Gasteiger partial charge in [-0.2, -0.15) is 0 Å². The van der Waals surface area contributed by atoms with Gasteiger partial charge in [-0.1, -0.05) is 32.0 Å². The molecule has 0 fully saturated rings. The van der Waals surface area contributed by atoms with E-state index >= 15 is 0 Å². The summed E-state index contributed by atoms with van der Waals surface area (Å²) in [5.74, 6) is -0.372. The molecule has 0 saturated carbocycles. The molecule has 1 aromatic heterocycles. The molecule has 0 aliphatic carbocycles. The van der Waals surface area contributed by atoms with Gasteiger partial charge in [-0.3, -0.25) is 9.59 Å². The second kappa shape index (κ2) is 6.80. The van der Waals surface area contributed by atoms with E-state index in [0.29, 0.717) is 5.75 Å². The lowest BCUT2D eigenvalue weighted by atomic mass is 10.0. The van der Waals surface area contributed by atoms with Crippen LogP contribution in [0.2, 0.25) is 0 Å². The summed E-state index contributed by atoms with van der Waals surface area (Å²) in [6.07, 6.45) is 0. The van der Waals surface area contributed by atoms with E-state index < -0.39 is 17.9 Å². The van der Waals surface area contributed by atoms with E-state index in [4.69, 9.17) is 14.9 Å². The summed E-state index contributed by atoms with van der Waals surface area (Å²) >= 11 is 0. The molecule has 2 amide bonds. The number of benzene rings is 1. The molecular weight excluding hydrogens is 284 g/mol. The first-order chi connectivity index (χ1) is 10.5. The number of carbonyl (C=O) groups excluding carboxylic acids is 2. The minimum Gasteiger partial charge on any atom is -0.426 e. The Bertz CT molecular complexity index is 649. The Hall–Kier alpha value is -2.76. The maximum Gasteiger partial charge on any atom is 0.290 e. The quantitative estimate of drug-likeness (QED) is 0.856. The van der Waals surface area contributed by atoms with Crippen molar-refractivity contribution in [3.63, 3.8) is 0 Å². The van der Waals surface area contributed by atoms with E-state index in [-0.39, 0.29) is 17.6 Å². The zero-order valence-corrected chi connectivity index (χ0v) is 12.4. The first-order valence-corrected chi connectivity index (χ1v) is 6.90. The molecule has 0 unspecified atom stereocenters. The third-order valence-electron chi connectivity index (χ3n) is 3.03. The standard InChI is InChI=1S/C16H18N2O4/c1-10(2)14(15(17)19)18-16(20)12-8-9-13(22-12)21-11-6-4-3-5-7-11/h3-10,14H,1-2H3,(H2,17,19)(H,18,20)/t14-/m1/s1. The summed E-state index contributed by atoms with van der Waals surface area (Å²) in [5.41, 5.74) is 5.26. The number of hydrogen-bond acceptors (Lipinski definition) is 4. The first kappa shape index (κ1) is 15.6. The van der Waals surface area contributed by atoms with Crippen LogP contribution in [0.5, 0.6) is 11.7 Å². The molecule has 0 bridgehead atoms. The molecule has 0 spiro atoms. The summed E-state index contributed by atoms with van der Waals surface area (Å²) in [6.45, 7) is 3.59. The SMILES string of the molecule is CC(C)[C@@H](NC(=O)c1ccc(Oc2ccccc2)o1)C(N)=O. The summed E-state index contributed by atoms with van der Waals surface area (Å²) in [4.78, 5) is 23.4. The third kappa shape index (κ3) is 3.88. The highest BCUT2D eigenvalue weighted by Crippen LogP contribution is 2.23. The second-order valence-corrected chi connectivity index (χ2v) is 5.13. The first-order valence-electron chi connectivity index (χ1n) is 6.90. The highest BCUT2D eigenvalue weighted by atomic mass is 16.6. The van der Waals surface area contributed by atoms with Crippen LogP contribution in [0, 0.1) is 5.92 Å². The number of primary amides is 1. The van der Waals surface area contributed by atoms with Crippen LogP contribution in [-0.2, 0) is 4.79 Å². The predicted molar refractivity (Wildman–Crippen MR) is 80.5 cm³/mol. The van der Waals surface area contributed by atoms with Crippen LogP contribution in [0.25, 0.3) is 0 Å². The highest BCUT2D eigenvalue weighted by molar-refractivity contribution is 5.95. The van der Waals surface area contributed by atoms with Gasteiger partial charge in [-0.25, -0.2) is 0 Å². The van der Waals surface area contributed by atoms with E-state index in [2.05, 4.69) is 5.32 Å². The number of rotatable bonds is 6. The van der Waals surface area contributed by atoms with Crippen LogP contribution in [0.4, 0.5) is 0 Å². The van der Waals surface area contributed by atoms with Crippen LogP contribution < -0.4 is 15.8 Å². The van der Waals surface area contributed by atoms with Gasteiger partial charge in [-0.15, -0.1) is 0 Å². The van der Waals surface area contributed by atoms with Crippen LogP contribution in [-0.4, -0.2) is 17.9 Å². The maximum absolute atomic E-state index is 12.1. The maximum atomic E-state index is 12.1. The largest absolute Gasteiger partial charge is 0.426 e. The number of furan rings is 1. The van der Waals surface area contributed by atoms with Crippen LogP contribution >= 0.6 is 0 Å². The lowest BCUT2D eigenvalue weighted by molar-refractivity contribution is -0.120. The van der Waals surface area contributed by atoms with Gasteiger partial charge in [0, 0.05) is 6.07 Å². The number of nitrogens with two attached hydrogens (primary N) is 1. The van der Waals surface area contributed by atoms with E-state index in [9.17, 15) is 9.59 Å². The van der Waals surface area contributed by atoms with E-state index in [0.717, 1.165) is 0 Å². The third-order valence-corrected chi connectivity index (χ3v) is 3.03. The lowest BCUT2D eigenvalue weighted by Crippen LogP contribution is -2.47. The summed E-state index contributed by atoms with van der Waals surface area (Å²) in [7, 11) is 0. The lowest BCUT2D eigenvalue weighted by Gasteiger charge is -2.17. The number of amides is 2. The van der Waals surface area contributed by atoms with Crippen molar-refractivity contribution in [2.75, 3.05) is 0 Å². The number of hydrogen-bond donors (Lipinski definition) is 2. The van der Waals surface area contributed by atoms with Crippen LogP contribution in [0.1, 0.15) is 24.4 Å². The van der Waals surface area contributed by atoms with Crippen molar-refractivity contribution in [1.82, 2.24) is 5.32 Å². The molecule has 2 rings (SSSR count). The minimum atomic E-state index is -0.754. The Morgan fingerprint density at radius 3 is 2.41 bits per heavy atom. The molecule has 6 nitrogen and oxygen atoms in total. The Morgan fingerprint density at radius 1 is 1.14 bits per heavy atom. The fourth-order valence-corrected chi connectivity index (χ4v) is 1.88. The Morgan fingerprint density at radius 2 is 1.82 bits per heavy atom. The fraction of sp³-hybridized carbons (Fsp3) is 0.250. The monoisotopic (exact) mass is 302 g/mol. The average Bonchev–Trinajstić information content (AvgIpc) is 2.93. The minimum absolute atomic E-state index is 0.0535. The molecule has 6 heteroatoms. The molecule has 0 aliphatic heterocycles. The van der Waals surface area contributed by atoms with E-state index in [1.54, 1.807) is 26.0 Å². The zero-order chi connectivity index (χ0) is 16.1. The van der Waals surface area contributed by atoms with Crippen molar-refractivity contribution in [3.05, 3.63) is 48.2 Å². The van der Waals surface area contributed by atoms with E-state index in [1.165, 1.54) is 12.1 Å². The van der Waals surface area contributed by atoms with Gasteiger partial charge in [-0.05, 0) is 24.1 Å². The van der Waals surface area contributed by atoms with Crippen LogP contribution in [0.3, 0.4) is 0 Å². The van der Waals surface area contributed by atoms with Crippen molar-refractivity contribution >= 4 is 11.8 Å². The van der Waals surface area contributed by atoms with Gasteiger partial charge in [0.05, 0.1) is 0 Å². The van der Waals surface area contributed by atoms with E-state index in [1.807, 2.05) is 18.2 Å². The number of ether oxygens (including phenoxy) is 1. The van der Waals surface area contributed by atoms with Crippen molar-refractivity contribution in [2.24, 2.45) is 11.7 Å². The van der Waals surface area contributed by atoms with Crippen molar-refractivity contribution in [1.29, 1.82) is 0 Å². The fourth-order valence-electron chi connectivity index (χ4n) is 1.88. The predicted octanol–water partition coefficient (Wildman–Crippen LogP) is 2.31. The van der Waals surface area contributed by atoms with Gasteiger partial charge in [0.25, 0.3) is 11.9 Å². The molecule has 1 heterocycles. The normalized spacial score (nSPS) is 12.0. The summed E-state index contributed by atoms with van der Waals surface area (Å²) in [5, 5.41) is 2.55. The zero-order valence-electron chi connectivity index (χ0n) is 12.4. The van der Waals surface area contributed by atoms with Crippen molar-refractivity contribution in [3.8, 4) is 11.7 Å². The second-order valence-electron chi connectivity index (χ2n) is 5.13. The number of para-hydroxylation sites is 1. The van der Waals surface area contributed by atoms with Gasteiger partial charge >= 0.3 is 0 Å². The Labute approximate surface area is 128 Å².